The molecule has 0 bridgehead atoms. The third-order valence-corrected chi connectivity index (χ3v) is 7.94. The summed E-state index contributed by atoms with van der Waals surface area (Å²) in [6, 6.07) is 0. The Labute approximate surface area is 370 Å². The average Bonchev–Trinajstić information content (AvgIpc) is 3.27. The summed E-state index contributed by atoms with van der Waals surface area (Å²) in [5.41, 5.74) is -2.71. The second-order valence-electron chi connectivity index (χ2n) is 11.3. The fraction of sp³-hybridized carbons (Fsp3) is 0.487. The first kappa shape index (κ1) is 62.8. The number of hydrogen-bond acceptors (Lipinski definition) is 22. The highest BCUT2D eigenvalue weighted by atomic mass is 32.2. The first-order chi connectivity index (χ1) is 28.6. The SMILES string of the molecule is C.C=CC(=O)OCC(COC(=O)C=C)(COC(=O)C=C)COC(=O)C=C.C=CC(=O)OCC(COC(=O)C=C)(COC(=O)CCSO)COC(=O)CCSCCO.OCCS. The van der Waals surface area contributed by atoms with Crippen molar-refractivity contribution in [2.75, 3.05) is 89.1 Å². The van der Waals surface area contributed by atoms with Gasteiger partial charge in [-0.3, -0.25) is 9.59 Å². The zero-order valence-corrected chi connectivity index (χ0v) is 35.7. The molecule has 0 radical (unpaired) electrons. The summed E-state index contributed by atoms with van der Waals surface area (Å²) in [6.45, 7) is 16.7. The molecule has 0 atom stereocenters. The van der Waals surface area contributed by atoms with Crippen LogP contribution in [0.5, 0.6) is 0 Å². The van der Waals surface area contributed by atoms with Gasteiger partial charge in [0.2, 0.25) is 0 Å². The van der Waals surface area contributed by atoms with Crippen molar-refractivity contribution in [3.8, 4) is 0 Å². The fourth-order valence-electron chi connectivity index (χ4n) is 3.26. The van der Waals surface area contributed by atoms with Crippen molar-refractivity contribution in [2.24, 2.45) is 10.8 Å². The van der Waals surface area contributed by atoms with Gasteiger partial charge < -0.3 is 52.7 Å². The van der Waals surface area contributed by atoms with Crippen molar-refractivity contribution in [3.05, 3.63) is 75.9 Å². The Hall–Kier alpha value is -4.87. The maximum absolute atomic E-state index is 12.0. The Kier molecular flexibility index (Phi) is 41.7. The monoisotopic (exact) mass is 926 g/mol. The van der Waals surface area contributed by atoms with Crippen molar-refractivity contribution in [2.45, 2.75) is 20.3 Å². The van der Waals surface area contributed by atoms with Gasteiger partial charge in [-0.05, 0) is 12.0 Å². The van der Waals surface area contributed by atoms with Crippen molar-refractivity contribution in [3.63, 3.8) is 0 Å². The number of thioether (sulfide) groups is 1. The molecule has 0 saturated heterocycles. The number of esters is 8. The van der Waals surface area contributed by atoms with Crippen molar-refractivity contribution in [1.82, 2.24) is 0 Å². The number of aliphatic hydroxyl groups excluding tert-OH is 2. The van der Waals surface area contributed by atoms with Crippen LogP contribution in [0.1, 0.15) is 20.3 Å². The van der Waals surface area contributed by atoms with Crippen LogP contribution in [0.25, 0.3) is 0 Å². The minimum atomic E-state index is -1.37. The maximum Gasteiger partial charge on any atom is 0.330 e. The zero-order valence-electron chi connectivity index (χ0n) is 33.2. The summed E-state index contributed by atoms with van der Waals surface area (Å²) < 4.78 is 49.0. The van der Waals surface area contributed by atoms with Crippen LogP contribution in [-0.2, 0) is 76.3 Å². The van der Waals surface area contributed by atoms with E-state index in [9.17, 15) is 38.4 Å². The van der Waals surface area contributed by atoms with E-state index in [-0.39, 0.29) is 78.9 Å². The van der Waals surface area contributed by atoms with E-state index in [1.807, 2.05) is 0 Å². The Morgan fingerprint density at radius 3 is 0.918 bits per heavy atom. The van der Waals surface area contributed by atoms with Gasteiger partial charge in [-0.2, -0.15) is 24.4 Å². The van der Waals surface area contributed by atoms with Gasteiger partial charge in [-0.25, -0.2) is 28.8 Å². The molecule has 0 rings (SSSR count). The average molecular weight is 927 g/mol. The minimum Gasteiger partial charge on any atom is -0.465 e. The molecule has 0 aromatic carbocycles. The smallest absolute Gasteiger partial charge is 0.330 e. The summed E-state index contributed by atoms with van der Waals surface area (Å²) in [5.74, 6) is -4.20. The van der Waals surface area contributed by atoms with E-state index < -0.39 is 71.8 Å². The van der Waals surface area contributed by atoms with E-state index in [0.29, 0.717) is 29.3 Å². The summed E-state index contributed by atoms with van der Waals surface area (Å²) in [5, 5.41) is 16.6. The second-order valence-corrected chi connectivity index (χ2v) is 13.6. The standard InChI is InChI=1S/C19H28O10S2.C17H20O8.C2H6OS.CH4/c1-3-15(21)26-11-19(12-27-16(22)4-2,14-29-18(24)6-9-31-25)13-28-17(23)5-8-30-10-7-20;1-5-13(18)22-9-17(10-23-14(19)6-2,11-24-15(20)7-3)12-25-16(21)8-4;3-1-2-4;/h3-4,20,25H,1-2,5-14H2;5-8H,1-4,9-12H2;3-4H,1-2H2;1H4. The van der Waals surface area contributed by atoms with Gasteiger partial charge in [0.1, 0.15) is 63.7 Å². The number of ether oxygens (including phenoxy) is 8. The van der Waals surface area contributed by atoms with E-state index in [4.69, 9.17) is 52.7 Å². The molecule has 3 N–H and O–H groups in total. The Balaban J connectivity index is -0.000000490. The molecular formula is C39H58O19S3. The molecule has 0 aromatic rings. The highest BCUT2D eigenvalue weighted by Crippen LogP contribution is 2.23. The fourth-order valence-corrected chi connectivity index (χ4v) is 4.16. The minimum absolute atomic E-state index is 0. The van der Waals surface area contributed by atoms with Crippen molar-refractivity contribution in [1.29, 1.82) is 0 Å². The number of aliphatic hydroxyl groups is 2. The van der Waals surface area contributed by atoms with Crippen LogP contribution in [0.3, 0.4) is 0 Å². The second kappa shape index (κ2) is 40.5. The lowest BCUT2D eigenvalue weighted by Crippen LogP contribution is -2.43. The van der Waals surface area contributed by atoms with E-state index in [1.165, 1.54) is 11.8 Å². The molecule has 0 amide bonds. The van der Waals surface area contributed by atoms with Gasteiger partial charge in [0, 0.05) is 59.5 Å². The van der Waals surface area contributed by atoms with Crippen LogP contribution in [0.15, 0.2) is 75.9 Å². The molecule has 0 aromatic heterocycles. The first-order valence-corrected chi connectivity index (χ1v) is 20.0. The predicted molar refractivity (Wildman–Crippen MR) is 230 cm³/mol. The quantitative estimate of drug-likeness (QED) is 0.0194. The third kappa shape index (κ3) is 35.6. The highest BCUT2D eigenvalue weighted by molar-refractivity contribution is 7.99. The molecule has 19 nitrogen and oxygen atoms in total. The molecule has 0 aliphatic carbocycles. The van der Waals surface area contributed by atoms with Gasteiger partial charge in [0.05, 0.1) is 26.1 Å². The first-order valence-electron chi connectivity index (χ1n) is 17.3. The summed E-state index contributed by atoms with van der Waals surface area (Å²) in [4.78, 5) is 92.3. The largest absolute Gasteiger partial charge is 0.465 e. The molecule has 0 fully saturated rings. The number of thiol groups is 1. The molecule has 0 aliphatic heterocycles. The molecular weight excluding hydrogens is 869 g/mol. The van der Waals surface area contributed by atoms with Crippen LogP contribution in [0.2, 0.25) is 0 Å². The molecule has 0 saturated carbocycles. The molecule has 0 spiro atoms. The molecule has 61 heavy (non-hydrogen) atoms. The number of carbonyl (C=O) groups excluding carboxylic acids is 8. The topological polar surface area (TPSA) is 271 Å². The number of hydrogen-bond donors (Lipinski definition) is 4. The summed E-state index contributed by atoms with van der Waals surface area (Å²) in [7, 11) is 0. The van der Waals surface area contributed by atoms with Gasteiger partial charge in [-0.15, -0.1) is 0 Å². The van der Waals surface area contributed by atoms with Gasteiger partial charge in [0.15, 0.2) is 0 Å². The van der Waals surface area contributed by atoms with E-state index in [1.54, 1.807) is 0 Å². The lowest BCUT2D eigenvalue weighted by molar-refractivity contribution is -0.169. The van der Waals surface area contributed by atoms with Crippen molar-refractivity contribution < 1.29 is 91.0 Å². The van der Waals surface area contributed by atoms with Crippen LogP contribution < -0.4 is 0 Å². The van der Waals surface area contributed by atoms with E-state index >= 15 is 0 Å². The lowest BCUT2D eigenvalue weighted by Gasteiger charge is -2.31. The van der Waals surface area contributed by atoms with Crippen LogP contribution in [0.4, 0.5) is 0 Å². The summed E-state index contributed by atoms with van der Waals surface area (Å²) >= 11 is 5.51. The lowest BCUT2D eigenvalue weighted by atomic mass is 9.92. The normalized spacial score (nSPS) is 9.97. The van der Waals surface area contributed by atoms with Gasteiger partial charge in [-0.1, -0.05) is 46.9 Å². The van der Waals surface area contributed by atoms with Crippen LogP contribution in [-0.4, -0.2) is 152 Å². The summed E-state index contributed by atoms with van der Waals surface area (Å²) in [6.07, 6.45) is 5.52. The number of carbonyl (C=O) groups is 8. The molecule has 22 heteroatoms. The Morgan fingerprint density at radius 2 is 0.705 bits per heavy atom. The number of rotatable bonds is 31. The molecule has 0 unspecified atom stereocenters. The maximum atomic E-state index is 12.0. The molecule has 346 valence electrons. The van der Waals surface area contributed by atoms with Crippen LogP contribution in [0, 0.1) is 10.8 Å². The zero-order chi connectivity index (χ0) is 46.2. The van der Waals surface area contributed by atoms with Crippen molar-refractivity contribution >= 4 is 84.2 Å². The van der Waals surface area contributed by atoms with Gasteiger partial charge in [0.25, 0.3) is 0 Å². The highest BCUT2D eigenvalue weighted by Gasteiger charge is 2.38. The predicted octanol–water partition coefficient (Wildman–Crippen LogP) is 2.66. The molecule has 0 aliphatic rings. The van der Waals surface area contributed by atoms with Crippen LogP contribution >= 0.6 is 36.4 Å². The third-order valence-electron chi connectivity index (χ3n) is 6.39. The van der Waals surface area contributed by atoms with E-state index in [2.05, 4.69) is 52.1 Å². The molecule has 0 heterocycles. The Bertz CT molecular complexity index is 1290. The van der Waals surface area contributed by atoms with E-state index in [0.717, 1.165) is 36.5 Å². The Morgan fingerprint density at radius 1 is 0.459 bits per heavy atom. The van der Waals surface area contributed by atoms with Gasteiger partial charge >= 0.3 is 47.8 Å².